The smallest absolute Gasteiger partial charge is 0.411 e. The normalized spacial score (nSPS) is 13.2. The van der Waals surface area contributed by atoms with Gasteiger partial charge in [0.05, 0.1) is 13.2 Å². The topological polar surface area (TPSA) is 195 Å². The van der Waals surface area contributed by atoms with Crippen molar-refractivity contribution in [2.75, 3.05) is 39.3 Å². The number of amidine groups is 1. The van der Waals surface area contributed by atoms with Crippen LogP contribution in [0.5, 0.6) is 0 Å². The Morgan fingerprint density at radius 1 is 0.939 bits per heavy atom. The number of nitrogens with one attached hydrogen (secondary N) is 2. The molecule has 262 valence electrons. The predicted octanol–water partition coefficient (Wildman–Crippen LogP) is -0.839. The molecule has 0 fully saturated rings. The molecule has 1 heterocycles. The fourth-order valence-corrected chi connectivity index (χ4v) is 5.25. The molecule has 0 atom stereocenters. The Morgan fingerprint density at radius 2 is 1.57 bits per heavy atom. The van der Waals surface area contributed by atoms with Crippen molar-refractivity contribution in [3.63, 3.8) is 0 Å². The van der Waals surface area contributed by atoms with E-state index in [-0.39, 0.29) is 19.1 Å². The Balaban J connectivity index is 1.88. The van der Waals surface area contributed by atoms with Gasteiger partial charge >= 0.3 is 43.0 Å². The van der Waals surface area contributed by atoms with Crippen LogP contribution in [-0.4, -0.2) is 147 Å². The van der Waals surface area contributed by atoms with Crippen molar-refractivity contribution in [1.29, 1.82) is 0 Å². The number of hydrogen-bond donors (Lipinski definition) is 6. The SMILES string of the molecule is CB(O)NC(=N[B]C=O)NCCCCCCCN(B(C)O)C(=N[B]C=O)N(CCOCc1ccc(C2=NCCCN2B(C)O)cc1)B(C)O. The highest BCUT2D eigenvalue weighted by Crippen LogP contribution is 2.15. The fraction of sp³-hybridized carbons (Fsp3) is 0.607. The first kappa shape index (κ1) is 41.9. The average Bonchev–Trinajstić information content (AvgIpc) is 3.07. The number of rotatable bonds is 22. The number of aliphatic imine (C=N–C) groups is 1. The summed E-state index contributed by atoms with van der Waals surface area (Å²) >= 11 is 0. The lowest BCUT2D eigenvalue weighted by Gasteiger charge is -2.36. The summed E-state index contributed by atoms with van der Waals surface area (Å²) in [5.74, 6) is 1.38. The van der Waals surface area contributed by atoms with Gasteiger partial charge in [-0.2, -0.15) is 0 Å². The zero-order chi connectivity index (χ0) is 36.0. The summed E-state index contributed by atoms with van der Waals surface area (Å²) < 4.78 is 5.94. The van der Waals surface area contributed by atoms with Crippen LogP contribution in [0.15, 0.2) is 39.1 Å². The summed E-state index contributed by atoms with van der Waals surface area (Å²) in [5.41, 5.74) is 1.89. The Bertz CT molecular complexity index is 1200. The Kier molecular flexibility index (Phi) is 20.5. The van der Waals surface area contributed by atoms with Crippen LogP contribution in [0.2, 0.25) is 27.3 Å². The largest absolute Gasteiger partial charge is 0.433 e. The van der Waals surface area contributed by atoms with E-state index >= 15 is 0 Å². The maximum absolute atomic E-state index is 11.2. The molecule has 1 aromatic carbocycles. The molecular formula is C28H50B6N8O7. The standard InChI is InChI=1S/C28H50B6N8O7/c1-31(45)39-27(37-29-22-43)36-15-8-6-5-7-9-17-41(33(3)47)28(38-30-23-44)42(34(4)48)19-20-49-21-24-11-13-25(14-12-24)26-35-16-10-18-40(26)32(2)46/h11-14,22-23,45-48H,5-10,15-21H2,1-4H3,(H2,36,37,39). The highest BCUT2D eigenvalue weighted by atomic mass is 16.5. The van der Waals surface area contributed by atoms with Gasteiger partial charge in [-0.1, -0.05) is 43.5 Å². The second-order valence-electron chi connectivity index (χ2n) is 11.8. The van der Waals surface area contributed by atoms with Gasteiger partial charge in [0.2, 0.25) is 0 Å². The molecule has 49 heavy (non-hydrogen) atoms. The van der Waals surface area contributed by atoms with Crippen molar-refractivity contribution < 1.29 is 34.4 Å². The van der Waals surface area contributed by atoms with Gasteiger partial charge in [-0.05, 0) is 52.1 Å². The van der Waals surface area contributed by atoms with Crippen molar-refractivity contribution in [2.45, 2.75) is 72.4 Å². The van der Waals surface area contributed by atoms with Gasteiger partial charge in [-0.3, -0.25) is 4.99 Å². The molecule has 0 unspecified atom stereocenters. The van der Waals surface area contributed by atoms with E-state index in [0.717, 1.165) is 83.4 Å². The minimum atomic E-state index is -0.968. The van der Waals surface area contributed by atoms with Gasteiger partial charge in [0.1, 0.15) is 18.2 Å². The number of hydrogen-bond acceptors (Lipinski definition) is 11. The first-order valence-corrected chi connectivity index (χ1v) is 17.0. The first-order valence-electron chi connectivity index (χ1n) is 17.0. The van der Waals surface area contributed by atoms with Crippen LogP contribution in [0.4, 0.5) is 0 Å². The molecule has 2 rings (SSSR count). The van der Waals surface area contributed by atoms with Gasteiger partial charge in [0.15, 0.2) is 11.9 Å². The van der Waals surface area contributed by atoms with Gasteiger partial charge in [0.25, 0.3) is 0 Å². The highest BCUT2D eigenvalue weighted by molar-refractivity contribution is 6.67. The van der Waals surface area contributed by atoms with Crippen LogP contribution in [0.1, 0.15) is 49.7 Å². The zero-order valence-corrected chi connectivity index (χ0v) is 29.3. The maximum Gasteiger partial charge on any atom is 0.411 e. The van der Waals surface area contributed by atoms with Crippen LogP contribution in [-0.2, 0) is 20.9 Å². The lowest BCUT2D eigenvalue weighted by molar-refractivity contribution is 0.114. The van der Waals surface area contributed by atoms with Crippen LogP contribution in [0, 0.1) is 0 Å². The fourth-order valence-electron chi connectivity index (χ4n) is 5.25. The van der Waals surface area contributed by atoms with Gasteiger partial charge in [-0.15, -0.1) is 0 Å². The monoisotopic (exact) mass is 676 g/mol. The molecule has 0 bridgehead atoms. The maximum atomic E-state index is 11.2. The van der Waals surface area contributed by atoms with Crippen molar-refractivity contribution in [2.24, 2.45) is 14.8 Å². The lowest BCUT2D eigenvalue weighted by atomic mass is 9.81. The van der Waals surface area contributed by atoms with Crippen molar-refractivity contribution in [3.05, 3.63) is 35.4 Å². The summed E-state index contributed by atoms with van der Waals surface area (Å²) in [6.07, 6.45) is 6.34. The van der Waals surface area contributed by atoms with Gasteiger partial charge in [-0.25, -0.2) is 0 Å². The van der Waals surface area contributed by atoms with E-state index in [1.807, 2.05) is 29.1 Å². The molecular weight excluding hydrogens is 625 g/mol. The van der Waals surface area contributed by atoms with E-state index < -0.39 is 28.2 Å². The summed E-state index contributed by atoms with van der Waals surface area (Å²) in [4.78, 5) is 39.7. The van der Waals surface area contributed by atoms with E-state index in [4.69, 9.17) is 4.74 Å². The first-order chi connectivity index (χ1) is 23.6. The van der Waals surface area contributed by atoms with E-state index in [1.54, 1.807) is 36.9 Å². The number of unbranched alkanes of at least 4 members (excludes halogenated alkanes) is 4. The number of guanidine groups is 2. The summed E-state index contributed by atoms with van der Waals surface area (Å²) in [6.45, 7) is 9.91. The second-order valence-corrected chi connectivity index (χ2v) is 11.8. The minimum absolute atomic E-state index is 0.253. The summed E-state index contributed by atoms with van der Waals surface area (Å²) in [5, 5.41) is 46.7. The van der Waals surface area contributed by atoms with Crippen molar-refractivity contribution in [3.8, 4) is 0 Å². The molecule has 0 spiro atoms. The van der Waals surface area contributed by atoms with E-state index in [1.165, 1.54) is 0 Å². The van der Waals surface area contributed by atoms with Crippen LogP contribution >= 0.6 is 0 Å². The molecule has 2 radical (unpaired) electrons. The molecule has 1 aromatic rings. The quantitative estimate of drug-likeness (QED) is 0.0294. The molecule has 1 aliphatic rings. The molecule has 21 heteroatoms. The molecule has 0 saturated carbocycles. The Morgan fingerprint density at radius 3 is 2.20 bits per heavy atom. The summed E-state index contributed by atoms with van der Waals surface area (Å²) in [7, 11) is -1.12. The molecule has 0 aromatic heterocycles. The Labute approximate surface area is 294 Å². The molecule has 0 saturated heterocycles. The van der Waals surface area contributed by atoms with E-state index in [9.17, 15) is 29.7 Å². The van der Waals surface area contributed by atoms with Crippen LogP contribution < -0.4 is 10.5 Å². The number of ether oxygens (including phenoxy) is 1. The number of nitrogens with zero attached hydrogens (tertiary/aromatic N) is 6. The molecule has 15 nitrogen and oxygen atoms in total. The third-order valence-corrected chi connectivity index (χ3v) is 7.64. The van der Waals surface area contributed by atoms with Crippen LogP contribution in [0.25, 0.3) is 0 Å². The van der Waals surface area contributed by atoms with E-state index in [2.05, 4.69) is 25.3 Å². The number of carbonyl (C=O) groups excluding carboxylic acids is 2. The van der Waals surface area contributed by atoms with Crippen molar-refractivity contribution in [1.82, 2.24) is 25.0 Å². The zero-order valence-electron chi connectivity index (χ0n) is 29.3. The lowest BCUT2D eigenvalue weighted by Crippen LogP contribution is -2.56. The molecule has 1 aliphatic heterocycles. The minimum Gasteiger partial charge on any atom is -0.433 e. The van der Waals surface area contributed by atoms with E-state index in [0.29, 0.717) is 38.0 Å². The molecule has 6 N–H and O–H groups in total. The van der Waals surface area contributed by atoms with Gasteiger partial charge in [0, 0.05) is 38.3 Å². The highest BCUT2D eigenvalue weighted by Gasteiger charge is 2.29. The predicted molar refractivity (Wildman–Crippen MR) is 202 cm³/mol. The molecule has 0 amide bonds. The number of benzene rings is 1. The third-order valence-electron chi connectivity index (χ3n) is 7.64. The Hall–Kier alpha value is -3.24. The number of carbonyl (C=O) groups is 2. The van der Waals surface area contributed by atoms with Crippen LogP contribution in [0.3, 0.4) is 0 Å². The third kappa shape index (κ3) is 15.9. The van der Waals surface area contributed by atoms with Gasteiger partial charge < -0.3 is 69.2 Å². The summed E-state index contributed by atoms with van der Waals surface area (Å²) in [6, 6.07) is 7.87. The van der Waals surface area contributed by atoms with Crippen molar-refractivity contribution >= 4 is 73.2 Å². The second kappa shape index (κ2) is 24.0. The molecule has 0 aliphatic carbocycles. The average molecular weight is 676 g/mol.